The van der Waals surface area contributed by atoms with E-state index in [0.717, 1.165) is 0 Å². The summed E-state index contributed by atoms with van der Waals surface area (Å²) in [5.74, 6) is 0. The normalized spacial score (nSPS) is 11.9. The van der Waals surface area contributed by atoms with Crippen molar-refractivity contribution in [1.29, 1.82) is 0 Å². The van der Waals surface area contributed by atoms with E-state index in [0.29, 0.717) is 54.9 Å². The Kier molecular flexibility index (Phi) is 26.3. The van der Waals surface area contributed by atoms with Crippen molar-refractivity contribution in [2.24, 2.45) is 0 Å². The predicted molar refractivity (Wildman–Crippen MR) is 226 cm³/mol. The van der Waals surface area contributed by atoms with Crippen molar-refractivity contribution in [3.8, 4) is 0 Å². The molecule has 0 atom stereocenters. The summed E-state index contributed by atoms with van der Waals surface area (Å²) < 4.78 is 152. The standard InChI is InChI=1S/5C8H8O3S.Ta/c5*9-12(10,11)7-6-8-4-2-1-3-5-8;/h5*1-7H,(H,9,10,11);/q;;;;;+5/p-5. The van der Waals surface area contributed by atoms with E-state index >= 15 is 0 Å². The zero-order valence-electron chi connectivity index (χ0n) is 31.3. The van der Waals surface area contributed by atoms with Crippen LogP contribution in [0.1, 0.15) is 27.8 Å². The molecule has 320 valence electrons. The zero-order valence-corrected chi connectivity index (χ0v) is 38.6. The summed E-state index contributed by atoms with van der Waals surface area (Å²) in [5, 5.41) is 3.21. The average Bonchev–Trinajstić information content (AvgIpc) is 3.19. The van der Waals surface area contributed by atoms with Crippen LogP contribution in [-0.2, 0) is 73.0 Å². The molecule has 5 aromatic rings. The Balaban J connectivity index is 0.000000735. The molecular formula is C40H35O15S5Ta. The maximum Gasteiger partial charge on any atom is 5.00 e. The van der Waals surface area contributed by atoms with Crippen LogP contribution in [0.4, 0.5) is 0 Å². The van der Waals surface area contributed by atoms with E-state index in [-0.39, 0.29) is 22.4 Å². The summed E-state index contributed by atoms with van der Waals surface area (Å²) in [6.45, 7) is 0. The topological polar surface area (TPSA) is 286 Å². The molecule has 0 aromatic heterocycles. The van der Waals surface area contributed by atoms with E-state index < -0.39 is 50.6 Å². The fraction of sp³-hybridized carbons (Fsp3) is 0. The molecule has 0 heterocycles. The quantitative estimate of drug-likeness (QED) is 0.145. The van der Waals surface area contributed by atoms with Crippen molar-refractivity contribution in [1.82, 2.24) is 0 Å². The van der Waals surface area contributed by atoms with Gasteiger partial charge in [0.05, 0.1) is 0 Å². The Labute approximate surface area is 372 Å². The Morgan fingerprint density at radius 1 is 0.246 bits per heavy atom. The van der Waals surface area contributed by atoms with Crippen LogP contribution in [0, 0.1) is 0 Å². The summed E-state index contributed by atoms with van der Waals surface area (Å²) in [4.78, 5) is 0. The van der Waals surface area contributed by atoms with E-state index in [1.54, 1.807) is 121 Å². The first kappa shape index (κ1) is 56.1. The van der Waals surface area contributed by atoms with Crippen LogP contribution in [0.25, 0.3) is 30.4 Å². The van der Waals surface area contributed by atoms with E-state index in [1.807, 2.05) is 30.3 Å². The molecule has 0 aliphatic heterocycles. The Bertz CT molecular complexity index is 2280. The first-order valence-corrected chi connectivity index (χ1v) is 23.7. The molecule has 0 saturated heterocycles. The van der Waals surface area contributed by atoms with Crippen LogP contribution >= 0.6 is 0 Å². The third-order valence-electron chi connectivity index (χ3n) is 6.13. The number of hydrogen-bond acceptors (Lipinski definition) is 15. The van der Waals surface area contributed by atoms with Gasteiger partial charge in [0.1, 0.15) is 50.6 Å². The second kappa shape index (κ2) is 28.6. The molecule has 0 radical (unpaired) electrons. The minimum atomic E-state index is -4.25. The van der Waals surface area contributed by atoms with Gasteiger partial charge in [-0.2, -0.15) is 0 Å². The Hall–Kier alpha value is -4.91. The van der Waals surface area contributed by atoms with Crippen molar-refractivity contribution in [2.75, 3.05) is 0 Å². The Morgan fingerprint density at radius 2 is 0.361 bits per heavy atom. The predicted octanol–water partition coefficient (Wildman–Crippen LogP) is 6.01. The van der Waals surface area contributed by atoms with Gasteiger partial charge in [-0.25, -0.2) is 42.1 Å². The first-order valence-electron chi connectivity index (χ1n) is 16.3. The molecule has 0 aliphatic rings. The molecule has 0 bridgehead atoms. The van der Waals surface area contributed by atoms with Gasteiger partial charge in [-0.3, -0.25) is 0 Å². The van der Waals surface area contributed by atoms with E-state index in [4.69, 9.17) is 0 Å². The molecule has 0 amide bonds. The maximum atomic E-state index is 10.2. The van der Waals surface area contributed by atoms with Crippen molar-refractivity contribution in [3.63, 3.8) is 0 Å². The molecule has 15 nitrogen and oxygen atoms in total. The monoisotopic (exact) mass is 1100 g/mol. The molecule has 5 rings (SSSR count). The average molecular weight is 1100 g/mol. The van der Waals surface area contributed by atoms with Crippen molar-refractivity contribution < 1.29 is 87.2 Å². The fourth-order valence-electron chi connectivity index (χ4n) is 3.63. The van der Waals surface area contributed by atoms with Gasteiger partial charge in [0, 0.05) is 27.0 Å². The van der Waals surface area contributed by atoms with E-state index in [2.05, 4.69) is 0 Å². The SMILES string of the molecule is O=S(=O)([O-])C=Cc1ccccc1.O=S(=O)([O-])C=Cc1ccccc1.O=S(=O)([O-])C=Cc1ccccc1.O=S(=O)([O-])C=Cc1ccccc1.O=S(=O)([O-])C=Cc1ccccc1.[Ta+5]. The van der Waals surface area contributed by atoms with Gasteiger partial charge in [0.15, 0.2) is 0 Å². The second-order valence-corrected chi connectivity index (χ2v) is 17.3. The van der Waals surface area contributed by atoms with Crippen molar-refractivity contribution in [2.45, 2.75) is 0 Å². The minimum absolute atomic E-state index is 0. The molecule has 0 spiro atoms. The van der Waals surface area contributed by atoms with Gasteiger partial charge in [-0.05, 0) is 58.2 Å². The van der Waals surface area contributed by atoms with Crippen molar-refractivity contribution in [3.05, 3.63) is 207 Å². The molecule has 0 unspecified atom stereocenters. The van der Waals surface area contributed by atoms with Crippen LogP contribution in [0.3, 0.4) is 0 Å². The van der Waals surface area contributed by atoms with Crippen LogP contribution < -0.4 is 0 Å². The summed E-state index contributed by atoms with van der Waals surface area (Å²) in [6, 6.07) is 43.8. The van der Waals surface area contributed by atoms with E-state index in [9.17, 15) is 64.9 Å². The first-order chi connectivity index (χ1) is 27.9. The molecule has 5 aromatic carbocycles. The molecular weight excluding hydrogens is 1060 g/mol. The molecule has 0 aliphatic carbocycles. The molecule has 0 saturated carbocycles. The van der Waals surface area contributed by atoms with Gasteiger partial charge in [-0.15, -0.1) is 0 Å². The minimum Gasteiger partial charge on any atom is -0.744 e. The van der Waals surface area contributed by atoms with E-state index in [1.165, 1.54) is 30.4 Å². The third kappa shape index (κ3) is 36.6. The molecule has 0 N–H and O–H groups in total. The second-order valence-electron chi connectivity index (χ2n) is 11.0. The number of rotatable bonds is 10. The van der Waals surface area contributed by atoms with Gasteiger partial charge < -0.3 is 22.8 Å². The maximum absolute atomic E-state index is 10.2. The van der Waals surface area contributed by atoms with Gasteiger partial charge in [0.2, 0.25) is 0 Å². The third-order valence-corrected chi connectivity index (χ3v) is 8.48. The molecule has 21 heteroatoms. The zero-order chi connectivity index (χ0) is 45.1. The van der Waals surface area contributed by atoms with Crippen molar-refractivity contribution >= 4 is 81.0 Å². The smallest absolute Gasteiger partial charge is 0.744 e. The summed E-state index contributed by atoms with van der Waals surface area (Å²) in [5.41, 5.74) is 3.46. The number of benzene rings is 5. The van der Waals surface area contributed by atoms with Crippen LogP contribution in [0.5, 0.6) is 0 Å². The number of hydrogen-bond donors (Lipinski definition) is 0. The summed E-state index contributed by atoms with van der Waals surface area (Å²) in [7, 11) is -21.3. The van der Waals surface area contributed by atoms with Gasteiger partial charge in [0.25, 0.3) is 0 Å². The molecule has 0 fully saturated rings. The largest absolute Gasteiger partial charge is 5.00 e. The van der Waals surface area contributed by atoms with Gasteiger partial charge >= 0.3 is 22.4 Å². The van der Waals surface area contributed by atoms with Crippen LogP contribution in [-0.4, -0.2) is 64.9 Å². The van der Waals surface area contributed by atoms with Gasteiger partial charge in [-0.1, -0.05) is 152 Å². The summed E-state index contributed by atoms with van der Waals surface area (Å²) >= 11 is 0. The fourth-order valence-corrected chi connectivity index (χ4v) is 5.25. The molecule has 61 heavy (non-hydrogen) atoms. The van der Waals surface area contributed by atoms with Crippen LogP contribution in [0.2, 0.25) is 0 Å². The Morgan fingerprint density at radius 3 is 0.459 bits per heavy atom. The van der Waals surface area contributed by atoms with Crippen LogP contribution in [0.15, 0.2) is 179 Å². The summed E-state index contributed by atoms with van der Waals surface area (Å²) in [6.07, 6.45) is 6.33.